The van der Waals surface area contributed by atoms with Gasteiger partial charge < -0.3 is 29.7 Å². The van der Waals surface area contributed by atoms with E-state index in [-0.39, 0.29) is 5.57 Å². The number of benzene rings is 2. The number of rotatable bonds is 9. The van der Waals surface area contributed by atoms with Crippen LogP contribution in [0, 0.1) is 11.3 Å². The van der Waals surface area contributed by atoms with E-state index < -0.39 is 5.91 Å². The number of nitrogens with one attached hydrogen (secondary N) is 2. The topological polar surface area (TPSA) is 95.8 Å². The van der Waals surface area contributed by atoms with E-state index in [9.17, 15) is 10.1 Å². The van der Waals surface area contributed by atoms with Crippen molar-refractivity contribution in [3.05, 3.63) is 59.8 Å². The van der Waals surface area contributed by atoms with Crippen LogP contribution in [0.15, 0.2) is 54.2 Å². The molecule has 32 heavy (non-hydrogen) atoms. The molecule has 0 saturated carbocycles. The van der Waals surface area contributed by atoms with Gasteiger partial charge in [0.15, 0.2) is 11.5 Å². The van der Waals surface area contributed by atoms with E-state index >= 15 is 0 Å². The van der Waals surface area contributed by atoms with Gasteiger partial charge in [-0.1, -0.05) is 18.2 Å². The van der Waals surface area contributed by atoms with Crippen molar-refractivity contribution >= 4 is 17.3 Å². The van der Waals surface area contributed by atoms with Crippen molar-refractivity contribution in [2.24, 2.45) is 0 Å². The number of hydrogen-bond acceptors (Lipinski definition) is 7. The molecule has 0 aliphatic carbocycles. The SMILES string of the molecule is COc1ccc(CCNC(=O)/C(C#N)=C\Nc2ccccc2N2CCOCC2)cc1OC. The van der Waals surface area contributed by atoms with Crippen LogP contribution in [0.1, 0.15) is 5.56 Å². The molecule has 8 heteroatoms. The number of hydrogen-bond donors (Lipinski definition) is 2. The number of nitrogens with zero attached hydrogens (tertiary/aromatic N) is 2. The molecule has 1 aliphatic rings. The normalized spacial score (nSPS) is 13.8. The van der Waals surface area contributed by atoms with Gasteiger partial charge >= 0.3 is 0 Å². The highest BCUT2D eigenvalue weighted by Gasteiger charge is 2.15. The van der Waals surface area contributed by atoms with E-state index in [1.165, 1.54) is 6.20 Å². The Morgan fingerprint density at radius 1 is 1.16 bits per heavy atom. The number of methoxy groups -OCH3 is 2. The van der Waals surface area contributed by atoms with Crippen molar-refractivity contribution < 1.29 is 19.0 Å². The molecule has 3 rings (SSSR count). The molecular formula is C24H28N4O4. The zero-order valence-corrected chi connectivity index (χ0v) is 18.4. The second-order valence-corrected chi connectivity index (χ2v) is 7.13. The van der Waals surface area contributed by atoms with E-state index in [0.29, 0.717) is 37.7 Å². The summed E-state index contributed by atoms with van der Waals surface area (Å²) in [5, 5.41) is 15.4. The maximum Gasteiger partial charge on any atom is 0.263 e. The zero-order valence-electron chi connectivity index (χ0n) is 18.4. The van der Waals surface area contributed by atoms with Crippen LogP contribution in [0.5, 0.6) is 11.5 Å². The number of carbonyl (C=O) groups is 1. The van der Waals surface area contributed by atoms with Gasteiger partial charge in [0, 0.05) is 25.8 Å². The van der Waals surface area contributed by atoms with Crippen LogP contribution in [-0.4, -0.2) is 53.0 Å². The van der Waals surface area contributed by atoms with Crippen molar-refractivity contribution in [2.45, 2.75) is 6.42 Å². The third kappa shape index (κ3) is 5.93. The van der Waals surface area contributed by atoms with Gasteiger partial charge in [0.05, 0.1) is 38.8 Å². The van der Waals surface area contributed by atoms with Crippen molar-refractivity contribution in [1.29, 1.82) is 5.26 Å². The fourth-order valence-corrected chi connectivity index (χ4v) is 3.43. The Bertz CT molecular complexity index is 994. The summed E-state index contributed by atoms with van der Waals surface area (Å²) in [6, 6.07) is 15.4. The maximum atomic E-state index is 12.5. The Hall–Kier alpha value is -3.70. The smallest absolute Gasteiger partial charge is 0.263 e. The van der Waals surface area contributed by atoms with Gasteiger partial charge in [-0.25, -0.2) is 0 Å². The standard InChI is InChI=1S/C24H28N4O4/c1-30-22-8-7-18(15-23(22)31-2)9-10-26-24(29)19(16-25)17-27-20-5-3-4-6-21(20)28-11-13-32-14-12-28/h3-8,15,17,27H,9-14H2,1-2H3,(H,26,29)/b19-17-. The lowest BCUT2D eigenvalue weighted by atomic mass is 10.1. The minimum absolute atomic E-state index is 0.00842. The molecule has 1 amide bonds. The van der Waals surface area contributed by atoms with Crippen LogP contribution in [-0.2, 0) is 16.0 Å². The van der Waals surface area contributed by atoms with Crippen LogP contribution in [0.2, 0.25) is 0 Å². The van der Waals surface area contributed by atoms with E-state index in [0.717, 1.165) is 30.0 Å². The number of amides is 1. The molecule has 0 spiro atoms. The van der Waals surface area contributed by atoms with Gasteiger partial charge in [-0.05, 0) is 36.2 Å². The number of para-hydroxylation sites is 2. The van der Waals surface area contributed by atoms with Crippen LogP contribution in [0.3, 0.4) is 0 Å². The van der Waals surface area contributed by atoms with Gasteiger partial charge in [0.25, 0.3) is 5.91 Å². The largest absolute Gasteiger partial charge is 0.493 e. The molecule has 1 fully saturated rings. The third-order valence-corrected chi connectivity index (χ3v) is 5.14. The lowest BCUT2D eigenvalue weighted by Gasteiger charge is -2.30. The van der Waals surface area contributed by atoms with Crippen molar-refractivity contribution in [3.63, 3.8) is 0 Å². The highest BCUT2D eigenvalue weighted by atomic mass is 16.5. The first kappa shape index (κ1) is 23.0. The number of morpholine rings is 1. The first-order valence-corrected chi connectivity index (χ1v) is 10.4. The lowest BCUT2D eigenvalue weighted by molar-refractivity contribution is -0.117. The summed E-state index contributed by atoms with van der Waals surface area (Å²) in [6.45, 7) is 3.33. The molecule has 0 bridgehead atoms. The summed E-state index contributed by atoms with van der Waals surface area (Å²) in [5.74, 6) is 0.861. The first-order chi connectivity index (χ1) is 15.7. The fraction of sp³-hybridized carbons (Fsp3) is 0.333. The van der Waals surface area contributed by atoms with Gasteiger partial charge in [-0.15, -0.1) is 0 Å². The Labute approximate surface area is 188 Å². The molecule has 2 aromatic carbocycles. The zero-order chi connectivity index (χ0) is 22.8. The highest BCUT2D eigenvalue weighted by Crippen LogP contribution is 2.28. The molecule has 0 aromatic heterocycles. The van der Waals surface area contributed by atoms with Crippen molar-refractivity contribution in [3.8, 4) is 17.6 Å². The summed E-state index contributed by atoms with van der Waals surface area (Å²) in [7, 11) is 3.17. The molecular weight excluding hydrogens is 408 g/mol. The van der Waals surface area contributed by atoms with Crippen LogP contribution < -0.4 is 25.0 Å². The molecule has 1 aliphatic heterocycles. The van der Waals surface area contributed by atoms with Crippen molar-refractivity contribution in [1.82, 2.24) is 5.32 Å². The molecule has 0 unspecified atom stereocenters. The van der Waals surface area contributed by atoms with Gasteiger partial charge in [0.1, 0.15) is 11.6 Å². The number of anilines is 2. The summed E-state index contributed by atoms with van der Waals surface area (Å²) in [4.78, 5) is 14.7. The van der Waals surface area contributed by atoms with Crippen LogP contribution in [0.25, 0.3) is 0 Å². The average molecular weight is 437 g/mol. The fourth-order valence-electron chi connectivity index (χ4n) is 3.43. The highest BCUT2D eigenvalue weighted by molar-refractivity contribution is 5.97. The third-order valence-electron chi connectivity index (χ3n) is 5.14. The Morgan fingerprint density at radius 2 is 1.91 bits per heavy atom. The minimum Gasteiger partial charge on any atom is -0.493 e. The van der Waals surface area contributed by atoms with E-state index in [1.54, 1.807) is 14.2 Å². The Balaban J connectivity index is 1.59. The molecule has 1 heterocycles. The number of carbonyl (C=O) groups excluding carboxylic acids is 1. The van der Waals surface area contributed by atoms with Gasteiger partial charge in [-0.2, -0.15) is 5.26 Å². The van der Waals surface area contributed by atoms with E-state index in [4.69, 9.17) is 14.2 Å². The molecule has 1 saturated heterocycles. The second kappa shape index (κ2) is 11.6. The summed E-state index contributed by atoms with van der Waals surface area (Å²) in [6.07, 6.45) is 2.04. The summed E-state index contributed by atoms with van der Waals surface area (Å²) >= 11 is 0. The molecule has 8 nitrogen and oxygen atoms in total. The Kier molecular flexibility index (Phi) is 8.35. The lowest BCUT2D eigenvalue weighted by Crippen LogP contribution is -2.36. The average Bonchev–Trinajstić information content (AvgIpc) is 2.85. The molecule has 2 N–H and O–H groups in total. The predicted molar refractivity (Wildman–Crippen MR) is 123 cm³/mol. The predicted octanol–water partition coefficient (Wildman–Crippen LogP) is 2.72. The van der Waals surface area contributed by atoms with Crippen molar-refractivity contribution in [2.75, 3.05) is 57.3 Å². The van der Waals surface area contributed by atoms with Crippen LogP contribution in [0.4, 0.5) is 11.4 Å². The van der Waals surface area contributed by atoms with Gasteiger partial charge in [0.2, 0.25) is 0 Å². The number of ether oxygens (including phenoxy) is 3. The number of nitriles is 1. The Morgan fingerprint density at radius 3 is 2.62 bits per heavy atom. The minimum atomic E-state index is -0.427. The molecule has 2 aromatic rings. The van der Waals surface area contributed by atoms with E-state index in [2.05, 4.69) is 15.5 Å². The molecule has 168 valence electrons. The van der Waals surface area contributed by atoms with E-state index in [1.807, 2.05) is 48.5 Å². The monoisotopic (exact) mass is 436 g/mol. The quantitative estimate of drug-likeness (QED) is 0.461. The second-order valence-electron chi connectivity index (χ2n) is 7.13. The summed E-state index contributed by atoms with van der Waals surface area (Å²) in [5.41, 5.74) is 2.84. The van der Waals surface area contributed by atoms with Crippen LogP contribution >= 0.6 is 0 Å². The van der Waals surface area contributed by atoms with Gasteiger partial charge in [-0.3, -0.25) is 4.79 Å². The maximum absolute atomic E-state index is 12.5. The first-order valence-electron chi connectivity index (χ1n) is 10.4. The molecule has 0 radical (unpaired) electrons. The summed E-state index contributed by atoms with van der Waals surface area (Å²) < 4.78 is 16.0. The molecule has 0 atom stereocenters.